The molecule has 0 spiro atoms. The molecule has 0 aliphatic carbocycles. The molecule has 0 radical (unpaired) electrons. The van der Waals surface area contributed by atoms with Crippen molar-refractivity contribution in [2.45, 2.75) is 19.1 Å². The molecule has 106 valence electrons. The summed E-state index contributed by atoms with van der Waals surface area (Å²) in [6.07, 6.45) is 7.45. The lowest BCUT2D eigenvalue weighted by molar-refractivity contribution is 0.0367. The topological polar surface area (TPSA) is 60.5 Å². The summed E-state index contributed by atoms with van der Waals surface area (Å²) in [5, 5.41) is 4.18. The molecule has 1 atom stereocenters. The summed E-state index contributed by atoms with van der Waals surface area (Å²) in [4.78, 5) is 14.2. The molecule has 6 nitrogen and oxygen atoms in total. The van der Waals surface area contributed by atoms with Gasteiger partial charge in [-0.25, -0.2) is 0 Å². The van der Waals surface area contributed by atoms with Crippen LogP contribution in [-0.4, -0.2) is 46.4 Å². The van der Waals surface area contributed by atoms with E-state index < -0.39 is 0 Å². The zero-order chi connectivity index (χ0) is 13.8. The van der Waals surface area contributed by atoms with Crippen LogP contribution in [-0.2, 0) is 11.3 Å². The molecule has 6 heteroatoms. The van der Waals surface area contributed by atoms with Crippen molar-refractivity contribution < 1.29 is 13.9 Å². The molecule has 3 heterocycles. The van der Waals surface area contributed by atoms with Crippen LogP contribution in [0, 0.1) is 0 Å². The number of nitrogens with zero attached hydrogens (tertiary/aromatic N) is 3. The normalized spacial score (nSPS) is 19.8. The van der Waals surface area contributed by atoms with Crippen molar-refractivity contribution in [1.82, 2.24) is 14.7 Å². The van der Waals surface area contributed by atoms with Crippen molar-refractivity contribution in [3.8, 4) is 0 Å². The van der Waals surface area contributed by atoms with Crippen LogP contribution in [0.2, 0.25) is 0 Å². The van der Waals surface area contributed by atoms with Gasteiger partial charge in [-0.05, 0) is 18.6 Å². The van der Waals surface area contributed by atoms with E-state index >= 15 is 0 Å². The van der Waals surface area contributed by atoms with Crippen LogP contribution in [0.3, 0.4) is 0 Å². The lowest BCUT2D eigenvalue weighted by Crippen LogP contribution is -2.38. The molecular weight excluding hydrogens is 258 g/mol. The number of hydrogen-bond acceptors (Lipinski definition) is 4. The van der Waals surface area contributed by atoms with E-state index in [1.165, 1.54) is 12.5 Å². The highest BCUT2D eigenvalue weighted by Crippen LogP contribution is 2.12. The second kappa shape index (κ2) is 5.92. The molecule has 1 aliphatic heterocycles. The Morgan fingerprint density at radius 3 is 3.20 bits per heavy atom. The van der Waals surface area contributed by atoms with Gasteiger partial charge in [0.2, 0.25) is 0 Å². The Labute approximate surface area is 116 Å². The van der Waals surface area contributed by atoms with Crippen molar-refractivity contribution >= 4 is 5.91 Å². The Hall–Kier alpha value is -2.08. The van der Waals surface area contributed by atoms with Crippen LogP contribution >= 0.6 is 0 Å². The molecule has 0 N–H and O–H groups in total. The average Bonchev–Trinajstić information content (AvgIpc) is 3.10. The van der Waals surface area contributed by atoms with Gasteiger partial charge >= 0.3 is 0 Å². The van der Waals surface area contributed by atoms with E-state index in [9.17, 15) is 4.79 Å². The van der Waals surface area contributed by atoms with Gasteiger partial charge in [-0.15, -0.1) is 0 Å². The van der Waals surface area contributed by atoms with E-state index in [-0.39, 0.29) is 12.0 Å². The highest BCUT2D eigenvalue weighted by atomic mass is 16.5. The minimum absolute atomic E-state index is 0.00489. The molecule has 0 saturated carbocycles. The van der Waals surface area contributed by atoms with Crippen LogP contribution in [0.5, 0.6) is 0 Å². The Morgan fingerprint density at radius 2 is 2.45 bits per heavy atom. The van der Waals surface area contributed by atoms with E-state index in [1.807, 2.05) is 21.8 Å². The second-order valence-corrected chi connectivity index (χ2v) is 4.84. The first-order valence-corrected chi connectivity index (χ1v) is 6.73. The number of amides is 1. The number of hydrogen-bond donors (Lipinski definition) is 0. The van der Waals surface area contributed by atoms with E-state index in [0.717, 1.165) is 6.42 Å². The zero-order valence-corrected chi connectivity index (χ0v) is 11.1. The Bertz CT molecular complexity index is 536. The Kier molecular flexibility index (Phi) is 3.83. The minimum atomic E-state index is -0.0340. The molecule has 20 heavy (non-hydrogen) atoms. The lowest BCUT2D eigenvalue weighted by atomic mass is 10.2. The number of aromatic nitrogens is 2. The van der Waals surface area contributed by atoms with Gasteiger partial charge in [0.05, 0.1) is 24.5 Å². The summed E-state index contributed by atoms with van der Waals surface area (Å²) in [7, 11) is 0. The molecule has 1 saturated heterocycles. The van der Waals surface area contributed by atoms with E-state index in [2.05, 4.69) is 5.10 Å². The summed E-state index contributed by atoms with van der Waals surface area (Å²) in [6.45, 7) is 2.60. The van der Waals surface area contributed by atoms with E-state index in [1.54, 1.807) is 12.3 Å². The van der Waals surface area contributed by atoms with E-state index in [4.69, 9.17) is 9.15 Å². The first kappa shape index (κ1) is 12.9. The Morgan fingerprint density at radius 1 is 1.50 bits per heavy atom. The summed E-state index contributed by atoms with van der Waals surface area (Å²) in [6, 6.07) is 3.57. The van der Waals surface area contributed by atoms with Crippen LogP contribution in [0.1, 0.15) is 16.8 Å². The number of rotatable bonds is 3. The maximum Gasteiger partial charge on any atom is 0.257 e. The van der Waals surface area contributed by atoms with Crippen LogP contribution in [0.25, 0.3) is 0 Å². The van der Waals surface area contributed by atoms with Crippen molar-refractivity contribution in [2.24, 2.45) is 0 Å². The number of carbonyl (C=O) groups excluding carboxylic acids is 1. The summed E-state index contributed by atoms with van der Waals surface area (Å²) in [5.41, 5.74) is 0.588. The minimum Gasteiger partial charge on any atom is -0.472 e. The molecule has 3 rings (SSSR count). The summed E-state index contributed by atoms with van der Waals surface area (Å²) >= 11 is 0. The van der Waals surface area contributed by atoms with E-state index in [0.29, 0.717) is 31.8 Å². The van der Waals surface area contributed by atoms with Gasteiger partial charge in [-0.1, -0.05) is 0 Å². The fourth-order valence-corrected chi connectivity index (χ4v) is 2.38. The Balaban J connectivity index is 1.67. The molecular formula is C14H17N3O3. The molecule has 1 aliphatic rings. The van der Waals surface area contributed by atoms with Gasteiger partial charge in [-0.2, -0.15) is 5.10 Å². The highest BCUT2D eigenvalue weighted by molar-refractivity contribution is 5.93. The monoisotopic (exact) mass is 275 g/mol. The third-order valence-corrected chi connectivity index (χ3v) is 3.36. The SMILES string of the molecule is O=C(c1ccoc1)N1CCCO[C@@H](Cn2cccn2)C1. The van der Waals surface area contributed by atoms with Crippen molar-refractivity contribution in [3.63, 3.8) is 0 Å². The smallest absolute Gasteiger partial charge is 0.257 e. The van der Waals surface area contributed by atoms with Crippen molar-refractivity contribution in [1.29, 1.82) is 0 Å². The van der Waals surface area contributed by atoms with Crippen molar-refractivity contribution in [3.05, 3.63) is 42.6 Å². The highest BCUT2D eigenvalue weighted by Gasteiger charge is 2.24. The fraction of sp³-hybridized carbons (Fsp3) is 0.429. The van der Waals surface area contributed by atoms with Gasteiger partial charge in [0.25, 0.3) is 5.91 Å². The molecule has 2 aromatic rings. The van der Waals surface area contributed by atoms with Gasteiger partial charge in [0.1, 0.15) is 6.26 Å². The number of furan rings is 1. The van der Waals surface area contributed by atoms with Crippen molar-refractivity contribution in [2.75, 3.05) is 19.7 Å². The second-order valence-electron chi connectivity index (χ2n) is 4.84. The van der Waals surface area contributed by atoms with Crippen LogP contribution in [0.15, 0.2) is 41.5 Å². The summed E-state index contributed by atoms with van der Waals surface area (Å²) < 4.78 is 12.6. The maximum atomic E-state index is 12.3. The third-order valence-electron chi connectivity index (χ3n) is 3.36. The third kappa shape index (κ3) is 2.91. The van der Waals surface area contributed by atoms with Crippen LogP contribution < -0.4 is 0 Å². The predicted molar refractivity (Wildman–Crippen MR) is 71.2 cm³/mol. The van der Waals surface area contributed by atoms with Gasteiger partial charge < -0.3 is 14.1 Å². The quantitative estimate of drug-likeness (QED) is 0.849. The maximum absolute atomic E-state index is 12.3. The first-order valence-electron chi connectivity index (χ1n) is 6.73. The largest absolute Gasteiger partial charge is 0.472 e. The predicted octanol–water partition coefficient (Wildman–Crippen LogP) is 1.41. The molecule has 0 bridgehead atoms. The standard InChI is InChI=1S/C14H17N3O3/c18-14(12-3-8-19-11-12)16-5-2-7-20-13(9-16)10-17-6-1-4-15-17/h1,3-4,6,8,11,13H,2,5,7,9-10H2/t13-/m1/s1. The summed E-state index contributed by atoms with van der Waals surface area (Å²) in [5.74, 6) is -0.00489. The zero-order valence-electron chi connectivity index (χ0n) is 11.1. The molecule has 1 amide bonds. The molecule has 2 aromatic heterocycles. The lowest BCUT2D eigenvalue weighted by Gasteiger charge is -2.23. The molecule has 1 fully saturated rings. The molecule has 0 unspecified atom stereocenters. The number of ether oxygens (including phenoxy) is 1. The first-order chi connectivity index (χ1) is 9.83. The van der Waals surface area contributed by atoms with Gasteiger partial charge in [0, 0.05) is 32.1 Å². The van der Waals surface area contributed by atoms with Gasteiger partial charge in [-0.3, -0.25) is 9.48 Å². The average molecular weight is 275 g/mol. The van der Waals surface area contributed by atoms with Gasteiger partial charge in [0.15, 0.2) is 0 Å². The molecule has 0 aromatic carbocycles. The van der Waals surface area contributed by atoms with Crippen LogP contribution in [0.4, 0.5) is 0 Å². The number of carbonyl (C=O) groups is 1. The fourth-order valence-electron chi connectivity index (χ4n) is 2.38.